The Morgan fingerprint density at radius 2 is 1.71 bits per heavy atom. The lowest BCUT2D eigenvalue weighted by molar-refractivity contribution is -0.140. The second-order valence-corrected chi connectivity index (χ2v) is 8.91. The molecule has 0 aliphatic carbocycles. The molecule has 0 saturated heterocycles. The molecule has 2 aromatic carbocycles. The first kappa shape index (κ1) is 25.3. The van der Waals surface area contributed by atoms with Crippen molar-refractivity contribution in [3.8, 4) is 0 Å². The molecule has 0 aromatic heterocycles. The zero-order valence-corrected chi connectivity index (χ0v) is 20.8. The molecule has 0 bridgehead atoms. The van der Waals surface area contributed by atoms with E-state index in [1.54, 1.807) is 30.3 Å². The quantitative estimate of drug-likeness (QED) is 0.172. The van der Waals surface area contributed by atoms with Crippen molar-refractivity contribution in [3.05, 3.63) is 57.2 Å². The predicted octanol–water partition coefficient (Wildman–Crippen LogP) is 3.83. The maximum atomic E-state index is 12.4. The predicted molar refractivity (Wildman–Crippen MR) is 137 cm³/mol. The summed E-state index contributed by atoms with van der Waals surface area (Å²) in [5.74, 6) is -1.17. The van der Waals surface area contributed by atoms with Crippen molar-refractivity contribution in [1.29, 1.82) is 0 Å². The number of hydrogen-bond acceptors (Lipinski definition) is 6. The lowest BCUT2D eigenvalue weighted by Gasteiger charge is -2.07. The van der Waals surface area contributed by atoms with Gasteiger partial charge >= 0.3 is 5.97 Å². The van der Waals surface area contributed by atoms with Gasteiger partial charge in [-0.15, -0.1) is 0 Å². The minimum atomic E-state index is -0.468. The molecule has 0 radical (unpaired) electrons. The van der Waals surface area contributed by atoms with E-state index in [0.717, 1.165) is 29.3 Å². The van der Waals surface area contributed by atoms with Crippen LogP contribution in [-0.4, -0.2) is 36.5 Å². The molecule has 0 fully saturated rings. The lowest BCUT2D eigenvalue weighted by Crippen LogP contribution is -2.23. The Morgan fingerprint density at radius 3 is 2.41 bits per heavy atom. The minimum absolute atomic E-state index is 0.114. The number of carbonyl (C=O) groups is 4. The molecule has 0 atom stereocenters. The first-order valence-electron chi connectivity index (χ1n) is 10.8. The summed E-state index contributed by atoms with van der Waals surface area (Å²) in [7, 11) is 1.37. The van der Waals surface area contributed by atoms with Crippen LogP contribution in [0.25, 0.3) is 0 Å². The topological polar surface area (TPSA) is 126 Å². The lowest BCUT2D eigenvalue weighted by atomic mass is 10.1. The molecule has 1 aliphatic heterocycles. The van der Waals surface area contributed by atoms with Crippen molar-refractivity contribution < 1.29 is 23.9 Å². The van der Waals surface area contributed by atoms with Gasteiger partial charge in [-0.25, -0.2) is 5.43 Å². The number of methoxy groups -OCH3 is 1. The minimum Gasteiger partial charge on any atom is -0.469 e. The number of halogens is 1. The Kier molecular flexibility index (Phi) is 9.14. The SMILES string of the molecule is COC(=O)CCCCCCC(=O)Nc1ccc(C(=O)N/N=C2\C(=O)Nc3ccc(I)cc32)cc1. The zero-order valence-electron chi connectivity index (χ0n) is 18.7. The molecule has 0 unspecified atom stereocenters. The van der Waals surface area contributed by atoms with E-state index < -0.39 is 5.91 Å². The summed E-state index contributed by atoms with van der Waals surface area (Å²) in [6, 6.07) is 11.9. The van der Waals surface area contributed by atoms with Crippen molar-refractivity contribution in [2.75, 3.05) is 17.7 Å². The number of ether oxygens (including phenoxy) is 1. The van der Waals surface area contributed by atoms with Crippen LogP contribution in [0, 0.1) is 3.57 Å². The molecule has 10 heteroatoms. The fourth-order valence-corrected chi connectivity index (χ4v) is 3.84. The summed E-state index contributed by atoms with van der Waals surface area (Å²) >= 11 is 2.14. The molecule has 1 heterocycles. The third-order valence-electron chi connectivity index (χ3n) is 5.16. The molecule has 3 rings (SSSR count). The van der Waals surface area contributed by atoms with Crippen molar-refractivity contribution in [2.45, 2.75) is 38.5 Å². The van der Waals surface area contributed by atoms with Gasteiger partial charge in [-0.05, 0) is 77.9 Å². The van der Waals surface area contributed by atoms with Crippen LogP contribution < -0.4 is 16.1 Å². The van der Waals surface area contributed by atoms with Gasteiger partial charge in [-0.1, -0.05) is 12.8 Å². The monoisotopic (exact) mass is 576 g/mol. The Morgan fingerprint density at radius 1 is 1.00 bits per heavy atom. The highest BCUT2D eigenvalue weighted by Crippen LogP contribution is 2.25. The van der Waals surface area contributed by atoms with Gasteiger partial charge in [0.1, 0.15) is 0 Å². The molecular weight excluding hydrogens is 551 g/mol. The van der Waals surface area contributed by atoms with E-state index in [1.165, 1.54) is 7.11 Å². The van der Waals surface area contributed by atoms with Crippen LogP contribution in [0.15, 0.2) is 47.6 Å². The normalized spacial score (nSPS) is 13.2. The van der Waals surface area contributed by atoms with Crippen LogP contribution >= 0.6 is 22.6 Å². The molecule has 0 saturated carbocycles. The zero-order chi connectivity index (χ0) is 24.5. The molecule has 0 spiro atoms. The molecular formula is C24H25IN4O5. The van der Waals surface area contributed by atoms with Gasteiger partial charge < -0.3 is 15.4 Å². The van der Waals surface area contributed by atoms with Crippen molar-refractivity contribution in [3.63, 3.8) is 0 Å². The first-order chi connectivity index (χ1) is 16.4. The Hall–Kier alpha value is -3.28. The van der Waals surface area contributed by atoms with E-state index in [0.29, 0.717) is 35.3 Å². The summed E-state index contributed by atoms with van der Waals surface area (Å²) in [5, 5.41) is 9.52. The average molecular weight is 576 g/mol. The van der Waals surface area contributed by atoms with E-state index in [2.05, 4.69) is 48.5 Å². The fraction of sp³-hybridized carbons (Fsp3) is 0.292. The van der Waals surface area contributed by atoms with Gasteiger partial charge in [0.05, 0.1) is 12.8 Å². The number of unbranched alkanes of at least 4 members (excludes halogenated alkanes) is 3. The number of hydrogen-bond donors (Lipinski definition) is 3. The maximum absolute atomic E-state index is 12.4. The van der Waals surface area contributed by atoms with E-state index in [1.807, 2.05) is 12.1 Å². The summed E-state index contributed by atoms with van der Waals surface area (Å²) in [4.78, 5) is 47.7. The highest BCUT2D eigenvalue weighted by molar-refractivity contribution is 14.1. The highest BCUT2D eigenvalue weighted by atomic mass is 127. The van der Waals surface area contributed by atoms with Gasteiger partial charge in [-0.2, -0.15) is 5.10 Å². The van der Waals surface area contributed by atoms with Crippen LogP contribution in [0.4, 0.5) is 11.4 Å². The largest absolute Gasteiger partial charge is 0.469 e. The maximum Gasteiger partial charge on any atom is 0.305 e. The Labute approximate surface area is 210 Å². The van der Waals surface area contributed by atoms with Crippen molar-refractivity contribution >= 4 is 63.4 Å². The molecule has 2 aromatic rings. The number of amides is 3. The van der Waals surface area contributed by atoms with Gasteiger partial charge in [0.2, 0.25) is 5.91 Å². The fourth-order valence-electron chi connectivity index (χ4n) is 3.35. The third kappa shape index (κ3) is 7.11. The second-order valence-electron chi connectivity index (χ2n) is 7.66. The van der Waals surface area contributed by atoms with Gasteiger partial charge in [0.15, 0.2) is 5.71 Å². The third-order valence-corrected chi connectivity index (χ3v) is 5.83. The molecule has 9 nitrogen and oxygen atoms in total. The summed E-state index contributed by atoms with van der Waals surface area (Å²) < 4.78 is 5.54. The van der Waals surface area contributed by atoms with E-state index in [9.17, 15) is 19.2 Å². The summed E-state index contributed by atoms with van der Waals surface area (Å²) in [5.41, 5.74) is 4.78. The van der Waals surface area contributed by atoms with Gasteiger partial charge in [0, 0.05) is 33.2 Å². The van der Waals surface area contributed by atoms with Crippen LogP contribution in [-0.2, 0) is 19.1 Å². The molecule has 3 amide bonds. The average Bonchev–Trinajstić information content (AvgIpc) is 3.14. The van der Waals surface area contributed by atoms with Crippen LogP contribution in [0.5, 0.6) is 0 Å². The number of hydrazone groups is 1. The van der Waals surface area contributed by atoms with E-state index in [4.69, 9.17) is 0 Å². The number of benzene rings is 2. The molecule has 34 heavy (non-hydrogen) atoms. The van der Waals surface area contributed by atoms with E-state index >= 15 is 0 Å². The number of esters is 1. The van der Waals surface area contributed by atoms with Crippen LogP contribution in [0.2, 0.25) is 0 Å². The summed E-state index contributed by atoms with van der Waals surface area (Å²) in [6.45, 7) is 0. The summed E-state index contributed by atoms with van der Waals surface area (Å²) in [6.07, 6.45) is 3.97. The number of rotatable bonds is 10. The molecule has 1 aliphatic rings. The Bertz CT molecular complexity index is 1110. The standard InChI is InChI=1S/C24H25IN4O5/c1-34-21(31)7-5-3-2-4-6-20(30)26-17-11-8-15(9-12-17)23(32)29-28-22-18-14-16(25)10-13-19(18)27-24(22)33/h8-14H,2-7H2,1H3,(H,26,30)(H,29,32)(H,27,28,33). The Balaban J connectivity index is 1.45. The number of nitrogens with zero attached hydrogens (tertiary/aromatic N) is 1. The molecule has 178 valence electrons. The van der Waals surface area contributed by atoms with Crippen molar-refractivity contribution in [2.24, 2.45) is 5.10 Å². The van der Waals surface area contributed by atoms with Gasteiger partial charge in [-0.3, -0.25) is 19.2 Å². The number of carbonyl (C=O) groups excluding carboxylic acids is 4. The molecule has 3 N–H and O–H groups in total. The number of nitrogens with one attached hydrogen (secondary N) is 3. The first-order valence-corrected chi connectivity index (χ1v) is 11.9. The van der Waals surface area contributed by atoms with Crippen LogP contribution in [0.1, 0.15) is 54.4 Å². The van der Waals surface area contributed by atoms with E-state index in [-0.39, 0.29) is 23.5 Å². The highest BCUT2D eigenvalue weighted by Gasteiger charge is 2.26. The second kappa shape index (κ2) is 12.3. The van der Waals surface area contributed by atoms with Gasteiger partial charge in [0.25, 0.3) is 11.8 Å². The van der Waals surface area contributed by atoms with Crippen LogP contribution in [0.3, 0.4) is 0 Å². The number of fused-ring (bicyclic) bond motifs is 1. The number of anilines is 2. The van der Waals surface area contributed by atoms with Crippen molar-refractivity contribution in [1.82, 2.24) is 5.43 Å². The smallest absolute Gasteiger partial charge is 0.305 e.